The van der Waals surface area contributed by atoms with Gasteiger partial charge in [0.15, 0.2) is 0 Å². The molecule has 6 aliphatic rings. The fourth-order valence-corrected chi connectivity index (χ4v) is 21.7. The van der Waals surface area contributed by atoms with Crippen LogP contribution in [0.3, 0.4) is 0 Å². The first kappa shape index (κ1) is 96.7. The second-order valence-corrected chi connectivity index (χ2v) is 42.9. The quantitative estimate of drug-likeness (QED) is 0.120. The molecule has 12 aromatic heterocycles. The van der Waals surface area contributed by atoms with E-state index in [0.29, 0.717) is 80.5 Å². The van der Waals surface area contributed by atoms with Crippen LogP contribution in [-0.2, 0) is 42.3 Å². The Morgan fingerprint density at radius 3 is 0.798 bits per heavy atom. The van der Waals surface area contributed by atoms with Crippen LogP contribution in [-0.4, -0.2) is 224 Å². The molecule has 129 heavy (non-hydrogen) atoms. The van der Waals surface area contributed by atoms with E-state index in [9.17, 15) is 42.7 Å². The maximum Gasteiger partial charge on any atom is 0.264 e. The number of aromatic nitrogens is 12. The number of rotatable bonds is 12. The van der Waals surface area contributed by atoms with E-state index >= 15 is 0 Å². The average Bonchev–Trinajstić information content (AvgIpc) is 1.52. The molecule has 690 valence electrons. The van der Waals surface area contributed by atoms with E-state index in [1.165, 1.54) is 40.4 Å². The van der Waals surface area contributed by atoms with Gasteiger partial charge in [-0.3, -0.25) is 56.9 Å². The number of carbonyl (C=O) groups is 6. The largest absolute Gasteiger partial charge is 0.390 e. The van der Waals surface area contributed by atoms with Crippen LogP contribution in [0.4, 0.5) is 8.78 Å². The number of hydrogen-bond acceptors (Lipinski definition) is 19. The Bertz CT molecular complexity index is 5520. The Balaban J connectivity index is 0.000000132. The summed E-state index contributed by atoms with van der Waals surface area (Å²) in [5.74, 6) is 2.59. The SMILES string of the molecule is Cc1cc(-c2ccc(C(=O)N3CCC(C)(F)CC3)s2)nn1C.Cc1cc(-c2ccc(C(=O)N3CCC(C)(O)CC3)s2)nn1C.Cc1cc(-c2ccc(C(=O)N3CCC(C)CC3)s2)nn1C.Cc1cc(-c2ccc(C(=O)N3CCC(C)CC3)s2)nn1C.Cc1cc(-c2ccc(C(=O)N3CCCC(C)(F)C3)s2)nn1C.Cc1cc(-c2ccc(C(=O)N3CCCC(C)C3)s2)nn1C. The average molecular weight is 1870 g/mol. The Morgan fingerprint density at radius 1 is 0.310 bits per heavy atom. The summed E-state index contributed by atoms with van der Waals surface area (Å²) in [6.45, 7) is 32.2. The van der Waals surface area contributed by atoms with Crippen LogP contribution in [0.1, 0.15) is 211 Å². The highest BCUT2D eigenvalue weighted by atomic mass is 32.1. The lowest BCUT2D eigenvalue weighted by atomic mass is 9.94. The minimum Gasteiger partial charge on any atom is -0.390 e. The molecular weight excluding hydrogens is 1750 g/mol. The highest BCUT2D eigenvalue weighted by molar-refractivity contribution is 7.19. The van der Waals surface area contributed by atoms with E-state index in [1.807, 2.05) is 229 Å². The van der Waals surface area contributed by atoms with E-state index < -0.39 is 16.9 Å². The van der Waals surface area contributed by atoms with Gasteiger partial charge in [0.05, 0.1) is 70.7 Å². The van der Waals surface area contributed by atoms with E-state index in [-0.39, 0.29) is 42.0 Å². The molecule has 33 heteroatoms. The normalized spacial score (nSPS) is 18.3. The molecular formula is C96H124F2N18O7S6. The predicted octanol–water partition coefficient (Wildman–Crippen LogP) is 19.3. The van der Waals surface area contributed by atoms with Crippen molar-refractivity contribution >= 4 is 103 Å². The van der Waals surface area contributed by atoms with Gasteiger partial charge in [0.1, 0.15) is 45.5 Å². The van der Waals surface area contributed by atoms with E-state index in [2.05, 4.69) is 69.6 Å². The summed E-state index contributed by atoms with van der Waals surface area (Å²) >= 11 is 8.98. The van der Waals surface area contributed by atoms with Crippen molar-refractivity contribution in [3.05, 3.63) is 173 Å². The number of alkyl halides is 2. The Morgan fingerprint density at radius 2 is 0.550 bits per heavy atom. The first-order valence-corrected chi connectivity index (χ1v) is 49.6. The molecule has 0 aromatic carbocycles. The van der Waals surface area contributed by atoms with Crippen LogP contribution >= 0.6 is 68.0 Å². The lowest BCUT2D eigenvalue weighted by molar-refractivity contribution is -0.00195. The fraction of sp³-hybridized carbons (Fsp3) is 0.500. The first-order valence-electron chi connectivity index (χ1n) is 44.7. The minimum atomic E-state index is -1.27. The third-order valence-corrected chi connectivity index (χ3v) is 31.9. The van der Waals surface area contributed by atoms with Crippen molar-refractivity contribution in [1.29, 1.82) is 0 Å². The zero-order valence-electron chi connectivity index (χ0n) is 77.7. The molecule has 0 radical (unpaired) electrons. The number of amides is 6. The highest BCUT2D eigenvalue weighted by Crippen LogP contribution is 2.38. The Hall–Kier alpha value is -9.90. The topological polar surface area (TPSA) is 249 Å². The molecule has 6 fully saturated rings. The summed E-state index contributed by atoms with van der Waals surface area (Å²) in [5, 5.41) is 36.7. The maximum atomic E-state index is 14.1. The number of piperidine rings is 6. The summed E-state index contributed by atoms with van der Waals surface area (Å²) in [7, 11) is 11.5. The van der Waals surface area contributed by atoms with Gasteiger partial charge in [0.2, 0.25) is 0 Å². The van der Waals surface area contributed by atoms with Crippen molar-refractivity contribution < 1.29 is 42.7 Å². The number of aryl methyl sites for hydroxylation is 12. The summed E-state index contributed by atoms with van der Waals surface area (Å²) in [6, 6.07) is 35.4. The molecule has 6 saturated heterocycles. The third kappa shape index (κ3) is 24.7. The zero-order chi connectivity index (χ0) is 92.7. The second-order valence-electron chi connectivity index (χ2n) is 36.4. The van der Waals surface area contributed by atoms with Gasteiger partial charge in [0, 0.05) is 148 Å². The van der Waals surface area contributed by atoms with E-state index in [4.69, 9.17) is 0 Å². The molecule has 12 aromatic rings. The number of carbonyl (C=O) groups excluding carboxylic acids is 6. The van der Waals surface area contributed by atoms with Crippen LogP contribution < -0.4 is 0 Å². The number of halogens is 2. The van der Waals surface area contributed by atoms with Crippen molar-refractivity contribution in [2.75, 3.05) is 78.5 Å². The van der Waals surface area contributed by atoms with Crippen molar-refractivity contribution in [2.24, 2.45) is 60.0 Å². The number of aliphatic hydroxyl groups is 1. The Kier molecular flexibility index (Phi) is 31.2. The van der Waals surface area contributed by atoms with Gasteiger partial charge in [-0.15, -0.1) is 68.0 Å². The molecule has 25 nitrogen and oxygen atoms in total. The van der Waals surface area contributed by atoms with Crippen molar-refractivity contribution in [3.63, 3.8) is 0 Å². The zero-order valence-corrected chi connectivity index (χ0v) is 82.6. The highest BCUT2D eigenvalue weighted by Gasteiger charge is 2.37. The molecule has 1 N–H and O–H groups in total. The van der Waals surface area contributed by atoms with E-state index in [0.717, 1.165) is 207 Å². The predicted molar refractivity (Wildman–Crippen MR) is 516 cm³/mol. The van der Waals surface area contributed by atoms with Crippen molar-refractivity contribution in [2.45, 2.75) is 177 Å². The monoisotopic (exact) mass is 1870 g/mol. The van der Waals surface area contributed by atoms with Gasteiger partial charge < -0.3 is 34.5 Å². The molecule has 6 aliphatic heterocycles. The molecule has 18 rings (SSSR count). The van der Waals surface area contributed by atoms with Gasteiger partial charge in [-0.2, -0.15) is 30.6 Å². The standard InChI is InChI=1S/2C16H20FN3OS.C16H21N3O2S.3C16H21N3OS/c1-11-9-12(18-19(11)3)13-5-6-14(22-13)15(21)20-8-4-7-16(2,17)10-20;1-11-10-12(18-19(11)3)13-4-5-14(22-13)15(21)20-8-6-16(2,17)7-9-20;1-11-10-12(17-18(11)3)13-4-5-14(22-13)15(20)19-8-6-16(2,21)7-9-19;2*1-11-6-8-19(9-7-11)16(20)15-5-4-14(21-15)13-10-12(2)18(3)17-13;1-11-5-4-8-19(10-11)16(20)15-7-6-14(21-15)13-9-12(2)18(3)17-13/h5-6,9H,4,7-8,10H2,1-3H3;4-5,10H,6-9H2,1-3H3;4-5,10,21H,6-9H2,1-3H3;2*4-5,10-11H,6-9H2,1-3H3;6-7,9,11H,4-5,8,10H2,1-3H3. The van der Waals surface area contributed by atoms with Gasteiger partial charge in [-0.05, 0) is 266 Å². The second kappa shape index (κ2) is 41.7. The molecule has 0 spiro atoms. The van der Waals surface area contributed by atoms with Crippen LogP contribution in [0.2, 0.25) is 0 Å². The smallest absolute Gasteiger partial charge is 0.264 e. The fourth-order valence-electron chi connectivity index (χ4n) is 16.1. The van der Waals surface area contributed by atoms with Gasteiger partial charge in [-0.1, -0.05) is 20.8 Å². The maximum absolute atomic E-state index is 14.1. The van der Waals surface area contributed by atoms with Crippen LogP contribution in [0.25, 0.3) is 63.4 Å². The van der Waals surface area contributed by atoms with Gasteiger partial charge >= 0.3 is 0 Å². The van der Waals surface area contributed by atoms with Gasteiger partial charge in [-0.25, -0.2) is 8.78 Å². The number of hydrogen-bond donors (Lipinski definition) is 1. The summed E-state index contributed by atoms with van der Waals surface area (Å²) in [4.78, 5) is 97.1. The summed E-state index contributed by atoms with van der Waals surface area (Å²) in [6.07, 6.45) is 10.1. The minimum absolute atomic E-state index is 0.000553. The van der Waals surface area contributed by atoms with E-state index in [1.54, 1.807) is 57.7 Å². The number of nitrogens with zero attached hydrogens (tertiary/aromatic N) is 18. The molecule has 0 bridgehead atoms. The molecule has 18 heterocycles. The van der Waals surface area contributed by atoms with Gasteiger partial charge in [0.25, 0.3) is 35.4 Å². The lowest BCUT2D eigenvalue weighted by Crippen LogP contribution is -2.46. The van der Waals surface area contributed by atoms with Crippen LogP contribution in [0.15, 0.2) is 109 Å². The summed E-state index contributed by atoms with van der Waals surface area (Å²) in [5.41, 5.74) is 9.08. The first-order chi connectivity index (χ1) is 61.2. The number of likely N-dealkylation sites (tertiary alicyclic amines) is 6. The molecule has 6 amide bonds. The van der Waals surface area contributed by atoms with Crippen molar-refractivity contribution in [1.82, 2.24) is 88.1 Å². The molecule has 2 unspecified atom stereocenters. The van der Waals surface area contributed by atoms with Crippen LogP contribution in [0, 0.1) is 59.3 Å². The Labute approximate surface area is 780 Å². The van der Waals surface area contributed by atoms with Crippen LogP contribution in [0.5, 0.6) is 0 Å². The molecule has 0 saturated carbocycles. The summed E-state index contributed by atoms with van der Waals surface area (Å²) < 4.78 is 39.0. The molecule has 0 aliphatic carbocycles. The third-order valence-electron chi connectivity index (χ3n) is 25.3. The number of thiophene rings is 6. The van der Waals surface area contributed by atoms with Crippen molar-refractivity contribution in [3.8, 4) is 63.4 Å². The molecule has 2 atom stereocenters. The lowest BCUT2D eigenvalue weighted by Gasteiger charge is -2.35.